The fraction of sp³-hybridized carbons (Fsp3) is 0.267. The zero-order chi connectivity index (χ0) is 25.7. The summed E-state index contributed by atoms with van der Waals surface area (Å²) in [6, 6.07) is 24.1. The van der Waals surface area contributed by atoms with Crippen LogP contribution in [0.25, 0.3) is 22.2 Å². The average molecular weight is 500 g/mol. The van der Waals surface area contributed by atoms with E-state index in [9.17, 15) is 4.79 Å². The lowest BCUT2D eigenvalue weighted by atomic mass is 9.99. The third-order valence-electron chi connectivity index (χ3n) is 6.21. The molecule has 0 radical (unpaired) electrons. The Bertz CT molecular complexity index is 1350. The summed E-state index contributed by atoms with van der Waals surface area (Å²) in [5.41, 5.74) is 5.42. The summed E-state index contributed by atoms with van der Waals surface area (Å²) in [6.45, 7) is 5.34. The molecule has 4 rings (SSSR count). The highest BCUT2D eigenvalue weighted by atomic mass is 32.2. The highest BCUT2D eigenvalue weighted by molar-refractivity contribution is 7.98. The first kappa shape index (κ1) is 25.7. The largest absolute Gasteiger partial charge is 0.492 e. The van der Waals surface area contributed by atoms with Crippen molar-refractivity contribution in [1.82, 2.24) is 15.2 Å². The maximum Gasteiger partial charge on any atom is 0.252 e. The lowest BCUT2D eigenvalue weighted by Crippen LogP contribution is -2.27. The summed E-state index contributed by atoms with van der Waals surface area (Å²) in [6.07, 6.45) is 2.07. The number of nitrogens with one attached hydrogen (secondary N) is 1. The standard InChI is InChI=1S/C30H33N3O2S/c1-20-10-13-23(35-17-16-33(3)4)18-26(20)30(34)31-21(2)27-19-29(22-11-14-24(36-5)15-12-22)32-28-9-7-6-8-25(27)28/h6-15,18-19,21H,16-17H2,1-5H3,(H,31,34)/t21-/m1/s1. The number of likely N-dealkylation sites (N-methyl/N-ethyl adjacent to an activating group) is 1. The number of nitrogens with zero attached hydrogens (tertiary/aromatic N) is 2. The molecule has 0 saturated carbocycles. The third-order valence-corrected chi connectivity index (χ3v) is 6.95. The molecule has 0 aliphatic rings. The van der Waals surface area contributed by atoms with Crippen LogP contribution in [0.3, 0.4) is 0 Å². The van der Waals surface area contributed by atoms with E-state index in [1.165, 1.54) is 4.90 Å². The van der Waals surface area contributed by atoms with E-state index in [1.807, 2.05) is 64.3 Å². The van der Waals surface area contributed by atoms with Crippen LogP contribution in [-0.4, -0.2) is 49.3 Å². The second-order valence-corrected chi connectivity index (χ2v) is 10.0. The van der Waals surface area contributed by atoms with Crippen LogP contribution in [0.4, 0.5) is 0 Å². The van der Waals surface area contributed by atoms with Crippen LogP contribution in [0.2, 0.25) is 0 Å². The maximum absolute atomic E-state index is 13.4. The van der Waals surface area contributed by atoms with E-state index in [4.69, 9.17) is 9.72 Å². The topological polar surface area (TPSA) is 54.5 Å². The molecule has 0 aliphatic heterocycles. The van der Waals surface area contributed by atoms with Crippen molar-refractivity contribution in [2.24, 2.45) is 0 Å². The van der Waals surface area contributed by atoms with Gasteiger partial charge in [-0.2, -0.15) is 0 Å². The number of amides is 1. The Hall–Kier alpha value is -3.35. The minimum Gasteiger partial charge on any atom is -0.492 e. The molecule has 0 saturated heterocycles. The number of para-hydroxylation sites is 1. The molecule has 186 valence electrons. The molecule has 4 aromatic rings. The van der Waals surface area contributed by atoms with E-state index in [0.717, 1.165) is 39.8 Å². The van der Waals surface area contributed by atoms with Crippen LogP contribution in [0, 0.1) is 6.92 Å². The van der Waals surface area contributed by atoms with Crippen LogP contribution in [-0.2, 0) is 0 Å². The van der Waals surface area contributed by atoms with Crippen LogP contribution in [0.15, 0.2) is 77.7 Å². The Morgan fingerprint density at radius 1 is 1.06 bits per heavy atom. The smallest absolute Gasteiger partial charge is 0.252 e. The lowest BCUT2D eigenvalue weighted by molar-refractivity contribution is 0.0939. The summed E-state index contributed by atoms with van der Waals surface area (Å²) < 4.78 is 5.86. The van der Waals surface area contributed by atoms with Gasteiger partial charge in [-0.3, -0.25) is 4.79 Å². The zero-order valence-electron chi connectivity index (χ0n) is 21.5. The number of rotatable bonds is 9. The number of aromatic nitrogens is 1. The molecule has 1 heterocycles. The van der Waals surface area contributed by atoms with E-state index in [1.54, 1.807) is 11.8 Å². The van der Waals surface area contributed by atoms with Gasteiger partial charge in [0, 0.05) is 28.0 Å². The van der Waals surface area contributed by atoms with Gasteiger partial charge >= 0.3 is 0 Å². The third kappa shape index (κ3) is 6.07. The Kier molecular flexibility index (Phi) is 8.28. The van der Waals surface area contributed by atoms with Crippen molar-refractivity contribution in [3.8, 4) is 17.0 Å². The zero-order valence-corrected chi connectivity index (χ0v) is 22.4. The van der Waals surface area contributed by atoms with E-state index < -0.39 is 0 Å². The number of aryl methyl sites for hydroxylation is 1. The molecular formula is C30H33N3O2S. The minimum atomic E-state index is -0.215. The summed E-state index contributed by atoms with van der Waals surface area (Å²) in [7, 11) is 4.01. The molecule has 5 nitrogen and oxygen atoms in total. The molecule has 0 fully saturated rings. The van der Waals surface area contributed by atoms with Gasteiger partial charge in [0.25, 0.3) is 5.91 Å². The Balaban J connectivity index is 1.61. The molecule has 1 atom stereocenters. The number of carbonyl (C=O) groups is 1. The Labute approximate surface area is 217 Å². The van der Waals surface area contributed by atoms with Gasteiger partial charge in [0.15, 0.2) is 0 Å². The summed E-state index contributed by atoms with van der Waals surface area (Å²) in [5, 5.41) is 4.24. The van der Waals surface area contributed by atoms with Crippen molar-refractivity contribution in [3.63, 3.8) is 0 Å². The van der Waals surface area contributed by atoms with Gasteiger partial charge in [0.2, 0.25) is 0 Å². The number of hydrogen-bond donors (Lipinski definition) is 1. The molecule has 0 bridgehead atoms. The van der Waals surface area contributed by atoms with Gasteiger partial charge in [-0.25, -0.2) is 4.98 Å². The van der Waals surface area contributed by atoms with Crippen molar-refractivity contribution in [2.75, 3.05) is 33.5 Å². The SMILES string of the molecule is CSc1ccc(-c2cc([C@@H](C)NC(=O)c3cc(OCCN(C)C)ccc3C)c3ccccc3n2)cc1. The van der Waals surface area contributed by atoms with Crippen LogP contribution in [0.1, 0.15) is 34.5 Å². The van der Waals surface area contributed by atoms with E-state index in [0.29, 0.717) is 17.9 Å². The van der Waals surface area contributed by atoms with Crippen molar-refractivity contribution in [1.29, 1.82) is 0 Å². The molecular weight excluding hydrogens is 466 g/mol. The van der Waals surface area contributed by atoms with Crippen LogP contribution < -0.4 is 10.1 Å². The molecule has 36 heavy (non-hydrogen) atoms. The number of carbonyl (C=O) groups excluding carboxylic acids is 1. The summed E-state index contributed by atoms with van der Waals surface area (Å²) >= 11 is 1.72. The first-order valence-electron chi connectivity index (χ1n) is 12.1. The van der Waals surface area contributed by atoms with Gasteiger partial charge in [-0.05, 0) is 81.7 Å². The van der Waals surface area contributed by atoms with Crippen LogP contribution in [0.5, 0.6) is 5.75 Å². The summed E-state index contributed by atoms with van der Waals surface area (Å²) in [5.74, 6) is 0.579. The van der Waals surface area contributed by atoms with Gasteiger partial charge in [-0.1, -0.05) is 36.4 Å². The highest BCUT2D eigenvalue weighted by Gasteiger charge is 2.18. The van der Waals surface area contributed by atoms with Gasteiger partial charge in [0.05, 0.1) is 17.3 Å². The molecule has 6 heteroatoms. The molecule has 1 N–H and O–H groups in total. The highest BCUT2D eigenvalue weighted by Crippen LogP contribution is 2.30. The fourth-order valence-electron chi connectivity index (χ4n) is 4.10. The van der Waals surface area contributed by atoms with Gasteiger partial charge in [-0.15, -0.1) is 11.8 Å². The van der Waals surface area contributed by atoms with Gasteiger partial charge < -0.3 is 15.0 Å². The van der Waals surface area contributed by atoms with Crippen molar-refractivity contribution >= 4 is 28.6 Å². The van der Waals surface area contributed by atoms with E-state index in [-0.39, 0.29) is 11.9 Å². The minimum absolute atomic E-state index is 0.121. The number of benzene rings is 3. The molecule has 0 unspecified atom stereocenters. The number of fused-ring (bicyclic) bond motifs is 1. The second kappa shape index (κ2) is 11.6. The average Bonchev–Trinajstić information content (AvgIpc) is 2.88. The number of ether oxygens (including phenoxy) is 1. The van der Waals surface area contributed by atoms with Crippen molar-refractivity contribution in [3.05, 3.63) is 89.5 Å². The first-order chi connectivity index (χ1) is 17.4. The molecule has 0 aliphatic carbocycles. The normalized spacial score (nSPS) is 12.1. The number of hydrogen-bond acceptors (Lipinski definition) is 5. The maximum atomic E-state index is 13.4. The predicted octanol–water partition coefficient (Wildman–Crippen LogP) is 6.36. The molecule has 1 aromatic heterocycles. The number of thioether (sulfide) groups is 1. The monoisotopic (exact) mass is 499 g/mol. The van der Waals surface area contributed by atoms with Crippen LogP contribution >= 0.6 is 11.8 Å². The quantitative estimate of drug-likeness (QED) is 0.272. The number of pyridine rings is 1. The molecule has 0 spiro atoms. The predicted molar refractivity (Wildman–Crippen MR) is 150 cm³/mol. The van der Waals surface area contributed by atoms with E-state index in [2.05, 4.69) is 52.9 Å². The molecule has 3 aromatic carbocycles. The van der Waals surface area contributed by atoms with Crippen molar-refractivity contribution < 1.29 is 9.53 Å². The Morgan fingerprint density at radius 2 is 1.81 bits per heavy atom. The Morgan fingerprint density at radius 3 is 2.53 bits per heavy atom. The summed E-state index contributed by atoms with van der Waals surface area (Å²) in [4.78, 5) is 21.5. The fourth-order valence-corrected chi connectivity index (χ4v) is 4.51. The molecule has 1 amide bonds. The van der Waals surface area contributed by atoms with E-state index >= 15 is 0 Å². The van der Waals surface area contributed by atoms with Crippen molar-refractivity contribution in [2.45, 2.75) is 24.8 Å². The first-order valence-corrected chi connectivity index (χ1v) is 13.3. The second-order valence-electron chi connectivity index (χ2n) is 9.17. The lowest BCUT2D eigenvalue weighted by Gasteiger charge is -2.19. The van der Waals surface area contributed by atoms with Gasteiger partial charge in [0.1, 0.15) is 12.4 Å².